The van der Waals surface area contributed by atoms with E-state index in [9.17, 15) is 18.0 Å². The van der Waals surface area contributed by atoms with E-state index in [2.05, 4.69) is 15.0 Å². The van der Waals surface area contributed by atoms with E-state index >= 15 is 0 Å². The van der Waals surface area contributed by atoms with Crippen molar-refractivity contribution in [1.82, 2.24) is 4.72 Å². The maximum atomic E-state index is 12.3. The van der Waals surface area contributed by atoms with Crippen LogP contribution in [0.15, 0.2) is 58.4 Å². The number of amidine groups is 1. The SMILES string of the molecule is Cc1ccc(NC(=O)[C@H](C)OC(=O)[C@@H](C)N=C2NS(=O)(=O)c3ccccc32)cc1. The zero-order chi connectivity index (χ0) is 21.2. The van der Waals surface area contributed by atoms with Crippen LogP contribution in [0.1, 0.15) is 25.0 Å². The number of aryl methyl sites for hydroxylation is 1. The number of anilines is 1. The summed E-state index contributed by atoms with van der Waals surface area (Å²) < 4.78 is 31.7. The topological polar surface area (TPSA) is 114 Å². The highest BCUT2D eigenvalue weighted by Gasteiger charge is 2.31. The lowest BCUT2D eigenvalue weighted by Crippen LogP contribution is -2.33. The fraction of sp³-hybridized carbons (Fsp3) is 0.250. The number of nitrogens with one attached hydrogen (secondary N) is 2. The van der Waals surface area contributed by atoms with Crippen LogP contribution >= 0.6 is 0 Å². The van der Waals surface area contributed by atoms with E-state index in [0.717, 1.165) is 5.56 Å². The number of hydrogen-bond acceptors (Lipinski definition) is 6. The van der Waals surface area contributed by atoms with Gasteiger partial charge in [-0.3, -0.25) is 14.5 Å². The number of nitrogens with zero attached hydrogens (tertiary/aromatic N) is 1. The van der Waals surface area contributed by atoms with Crippen LogP contribution in [-0.4, -0.2) is 38.3 Å². The normalized spacial score (nSPS) is 17.7. The second-order valence-corrected chi connectivity index (χ2v) is 8.34. The summed E-state index contributed by atoms with van der Waals surface area (Å²) in [5.74, 6) is -1.15. The maximum Gasteiger partial charge on any atom is 0.331 e. The van der Waals surface area contributed by atoms with Crippen LogP contribution in [0.25, 0.3) is 0 Å². The Hall–Kier alpha value is -3.20. The van der Waals surface area contributed by atoms with Gasteiger partial charge in [0, 0.05) is 11.3 Å². The molecular formula is C20H21N3O5S. The molecule has 8 nitrogen and oxygen atoms in total. The Morgan fingerprint density at radius 2 is 1.72 bits per heavy atom. The van der Waals surface area contributed by atoms with Gasteiger partial charge >= 0.3 is 5.97 Å². The van der Waals surface area contributed by atoms with Gasteiger partial charge in [-0.15, -0.1) is 0 Å². The lowest BCUT2D eigenvalue weighted by Gasteiger charge is -2.15. The first-order valence-corrected chi connectivity index (χ1v) is 10.4. The number of ether oxygens (including phenoxy) is 1. The summed E-state index contributed by atoms with van der Waals surface area (Å²) >= 11 is 0. The Labute approximate surface area is 169 Å². The number of aliphatic imine (C=N–C) groups is 1. The molecule has 3 rings (SSSR count). The van der Waals surface area contributed by atoms with Crippen molar-refractivity contribution >= 4 is 33.4 Å². The van der Waals surface area contributed by atoms with Gasteiger partial charge in [0.05, 0.1) is 4.90 Å². The number of fused-ring (bicyclic) bond motifs is 1. The standard InChI is InChI=1S/C20H21N3O5S/c1-12-8-10-15(11-9-12)22-19(24)14(3)28-20(25)13(2)21-18-16-6-4-5-7-17(16)29(26,27)23-18/h4-11,13-14H,1-3H3,(H,21,23)(H,22,24)/t13-,14+/m1/s1. The third kappa shape index (κ3) is 4.62. The molecule has 152 valence electrons. The molecule has 9 heteroatoms. The van der Waals surface area contributed by atoms with Gasteiger partial charge in [0.1, 0.15) is 11.9 Å². The molecule has 0 unspecified atom stereocenters. The van der Waals surface area contributed by atoms with Gasteiger partial charge in [-0.1, -0.05) is 29.8 Å². The van der Waals surface area contributed by atoms with E-state index in [0.29, 0.717) is 11.3 Å². The van der Waals surface area contributed by atoms with E-state index in [-0.39, 0.29) is 10.7 Å². The van der Waals surface area contributed by atoms with Gasteiger partial charge in [0.25, 0.3) is 15.9 Å². The average molecular weight is 415 g/mol. The molecule has 1 amide bonds. The molecule has 0 saturated carbocycles. The van der Waals surface area contributed by atoms with Gasteiger partial charge in [0.15, 0.2) is 6.10 Å². The second-order valence-electron chi connectivity index (χ2n) is 6.69. The van der Waals surface area contributed by atoms with Gasteiger partial charge in [-0.2, -0.15) is 0 Å². The molecule has 2 aromatic rings. The largest absolute Gasteiger partial charge is 0.451 e. The quantitative estimate of drug-likeness (QED) is 0.725. The molecule has 1 aliphatic rings. The first-order chi connectivity index (χ1) is 13.7. The molecule has 0 fully saturated rings. The molecule has 0 aliphatic carbocycles. The summed E-state index contributed by atoms with van der Waals surface area (Å²) in [7, 11) is -3.70. The highest BCUT2D eigenvalue weighted by molar-refractivity contribution is 7.90. The average Bonchev–Trinajstić information content (AvgIpc) is 2.94. The van der Waals surface area contributed by atoms with Crippen molar-refractivity contribution in [3.8, 4) is 0 Å². The van der Waals surface area contributed by atoms with E-state index in [4.69, 9.17) is 4.74 Å². The van der Waals surface area contributed by atoms with Gasteiger partial charge in [0.2, 0.25) is 0 Å². The van der Waals surface area contributed by atoms with E-state index in [1.165, 1.54) is 19.9 Å². The number of carbonyl (C=O) groups is 2. The summed E-state index contributed by atoms with van der Waals surface area (Å²) in [5.41, 5.74) is 2.03. The molecule has 29 heavy (non-hydrogen) atoms. The molecule has 0 spiro atoms. The highest BCUT2D eigenvalue weighted by Crippen LogP contribution is 2.22. The fourth-order valence-corrected chi connectivity index (χ4v) is 3.92. The predicted molar refractivity (Wildman–Crippen MR) is 108 cm³/mol. The zero-order valence-corrected chi connectivity index (χ0v) is 17.0. The molecule has 0 saturated heterocycles. The van der Waals surface area contributed by atoms with Gasteiger partial charge in [-0.05, 0) is 45.0 Å². The van der Waals surface area contributed by atoms with Crippen LogP contribution in [0.4, 0.5) is 5.69 Å². The van der Waals surface area contributed by atoms with Crippen molar-refractivity contribution in [2.75, 3.05) is 5.32 Å². The summed E-state index contributed by atoms with van der Waals surface area (Å²) in [6, 6.07) is 12.5. The Morgan fingerprint density at radius 1 is 1.07 bits per heavy atom. The van der Waals surface area contributed by atoms with E-state index < -0.39 is 34.0 Å². The number of amides is 1. The Bertz CT molecular complexity index is 1080. The first-order valence-electron chi connectivity index (χ1n) is 8.95. The van der Waals surface area contributed by atoms with E-state index in [1.54, 1.807) is 30.3 Å². The second kappa shape index (κ2) is 8.04. The number of esters is 1. The summed E-state index contributed by atoms with van der Waals surface area (Å²) in [6.45, 7) is 4.85. The third-order valence-electron chi connectivity index (χ3n) is 4.31. The van der Waals surface area contributed by atoms with Crippen LogP contribution in [-0.2, 0) is 24.3 Å². The summed E-state index contributed by atoms with van der Waals surface area (Å²) in [6.07, 6.45) is -1.04. The van der Waals surface area contributed by atoms with Crippen molar-refractivity contribution in [2.45, 2.75) is 37.8 Å². The van der Waals surface area contributed by atoms with Crippen molar-refractivity contribution in [3.05, 3.63) is 59.7 Å². The molecular weight excluding hydrogens is 394 g/mol. The van der Waals surface area contributed by atoms with Gasteiger partial charge in [-0.25, -0.2) is 13.2 Å². The molecule has 0 aromatic heterocycles. The van der Waals surface area contributed by atoms with Crippen LogP contribution < -0.4 is 10.0 Å². The number of sulfonamides is 1. The Morgan fingerprint density at radius 3 is 2.41 bits per heavy atom. The minimum Gasteiger partial charge on any atom is -0.451 e. The molecule has 2 aromatic carbocycles. The molecule has 1 aliphatic heterocycles. The minimum atomic E-state index is -3.70. The maximum absolute atomic E-state index is 12.3. The molecule has 0 radical (unpaired) electrons. The first kappa shape index (κ1) is 20.5. The summed E-state index contributed by atoms with van der Waals surface area (Å²) in [5, 5.41) is 2.67. The molecule has 2 atom stereocenters. The minimum absolute atomic E-state index is 0.0711. The number of benzene rings is 2. The lowest BCUT2D eigenvalue weighted by atomic mass is 10.2. The number of hydrogen-bond donors (Lipinski definition) is 2. The number of carbonyl (C=O) groups excluding carboxylic acids is 2. The number of rotatable bonds is 5. The van der Waals surface area contributed by atoms with Crippen molar-refractivity contribution < 1.29 is 22.7 Å². The predicted octanol–water partition coefficient (Wildman–Crippen LogP) is 1.99. The summed E-state index contributed by atoms with van der Waals surface area (Å²) in [4.78, 5) is 28.8. The van der Waals surface area contributed by atoms with Crippen LogP contribution in [0.3, 0.4) is 0 Å². The van der Waals surface area contributed by atoms with Gasteiger partial charge < -0.3 is 10.1 Å². The smallest absolute Gasteiger partial charge is 0.331 e. The van der Waals surface area contributed by atoms with Crippen LogP contribution in [0.2, 0.25) is 0 Å². The lowest BCUT2D eigenvalue weighted by molar-refractivity contribution is -0.153. The van der Waals surface area contributed by atoms with Crippen LogP contribution in [0, 0.1) is 6.92 Å². The van der Waals surface area contributed by atoms with Crippen molar-refractivity contribution in [2.24, 2.45) is 4.99 Å². The van der Waals surface area contributed by atoms with Crippen molar-refractivity contribution in [1.29, 1.82) is 0 Å². The van der Waals surface area contributed by atoms with Crippen molar-refractivity contribution in [3.63, 3.8) is 0 Å². The Balaban J connectivity index is 1.65. The Kier molecular flexibility index (Phi) is 5.69. The zero-order valence-electron chi connectivity index (χ0n) is 16.2. The third-order valence-corrected chi connectivity index (χ3v) is 5.70. The molecule has 0 bridgehead atoms. The highest BCUT2D eigenvalue weighted by atomic mass is 32.2. The molecule has 2 N–H and O–H groups in total. The fourth-order valence-electron chi connectivity index (χ4n) is 2.68. The van der Waals surface area contributed by atoms with E-state index in [1.807, 2.05) is 19.1 Å². The molecule has 1 heterocycles. The monoisotopic (exact) mass is 415 g/mol. The van der Waals surface area contributed by atoms with Crippen LogP contribution in [0.5, 0.6) is 0 Å².